The third kappa shape index (κ3) is 4.62. The van der Waals surface area contributed by atoms with Gasteiger partial charge >= 0.3 is 0 Å². The molecule has 0 aliphatic carbocycles. The van der Waals surface area contributed by atoms with Crippen LogP contribution in [0.25, 0.3) is 20.4 Å². The van der Waals surface area contributed by atoms with Crippen molar-refractivity contribution in [2.24, 2.45) is 0 Å². The molecule has 0 bridgehead atoms. The highest BCUT2D eigenvalue weighted by Crippen LogP contribution is 2.38. The zero-order valence-electron chi connectivity index (χ0n) is 15.7. The maximum Gasteiger partial charge on any atom is 0.226 e. The van der Waals surface area contributed by atoms with E-state index in [-0.39, 0.29) is 29.4 Å². The smallest absolute Gasteiger partial charge is 0.226 e. The molecule has 1 amide bonds. The molecular formula is C19H16ClN3O3S4. The average molecular weight is 498 g/mol. The van der Waals surface area contributed by atoms with Crippen LogP contribution >= 0.6 is 46.0 Å². The summed E-state index contributed by atoms with van der Waals surface area (Å²) in [7, 11) is -3.45. The number of thioether (sulfide) groups is 1. The molecule has 0 fully saturated rings. The Bertz CT molecular complexity index is 1330. The van der Waals surface area contributed by atoms with Gasteiger partial charge in [0.05, 0.1) is 31.1 Å². The predicted molar refractivity (Wildman–Crippen MR) is 126 cm³/mol. The molecule has 0 aliphatic rings. The number of hydrogen-bond acceptors (Lipinski definition) is 8. The second kappa shape index (κ2) is 8.80. The van der Waals surface area contributed by atoms with Crippen LogP contribution in [0.15, 0.2) is 45.6 Å². The Kier molecular flexibility index (Phi) is 6.31. The number of carbonyl (C=O) groups excluding carboxylic acids is 1. The molecule has 156 valence electrons. The lowest BCUT2D eigenvalue weighted by molar-refractivity contribution is -0.116. The standard InChI is InChI=1S/C19H16ClN3O3S4/c1-27-19-22-14-9-8-13-16(17(14)29-19)28-18(21-13)23-15(24)3-2-10-30(25,26)12-6-4-11(20)5-7-12/h4-9H,2-3,10H2,1H3,(H,21,23,24). The summed E-state index contributed by atoms with van der Waals surface area (Å²) < 4.78 is 27.8. The molecule has 2 aromatic heterocycles. The largest absolute Gasteiger partial charge is 0.302 e. The van der Waals surface area contributed by atoms with Crippen molar-refractivity contribution in [2.75, 3.05) is 17.3 Å². The van der Waals surface area contributed by atoms with Gasteiger partial charge in [0.15, 0.2) is 19.3 Å². The van der Waals surface area contributed by atoms with Crippen LogP contribution in [0.5, 0.6) is 0 Å². The number of thiazole rings is 2. The molecule has 4 rings (SSSR count). The number of nitrogens with zero attached hydrogens (tertiary/aromatic N) is 2. The van der Waals surface area contributed by atoms with Crippen molar-refractivity contribution in [3.05, 3.63) is 41.4 Å². The van der Waals surface area contributed by atoms with Crippen LogP contribution in [-0.4, -0.2) is 36.3 Å². The molecule has 0 spiro atoms. The molecule has 0 radical (unpaired) electrons. The number of amides is 1. The van der Waals surface area contributed by atoms with E-state index in [0.29, 0.717) is 10.2 Å². The number of anilines is 1. The third-order valence-electron chi connectivity index (χ3n) is 4.30. The highest BCUT2D eigenvalue weighted by atomic mass is 35.5. The van der Waals surface area contributed by atoms with Crippen LogP contribution < -0.4 is 5.32 Å². The van der Waals surface area contributed by atoms with Crippen LogP contribution in [0.4, 0.5) is 5.13 Å². The van der Waals surface area contributed by atoms with Crippen molar-refractivity contribution in [2.45, 2.75) is 22.1 Å². The lowest BCUT2D eigenvalue weighted by Gasteiger charge is -2.05. The van der Waals surface area contributed by atoms with Gasteiger partial charge in [-0.2, -0.15) is 0 Å². The van der Waals surface area contributed by atoms with E-state index >= 15 is 0 Å². The van der Waals surface area contributed by atoms with Gasteiger partial charge < -0.3 is 5.32 Å². The van der Waals surface area contributed by atoms with Crippen LogP contribution in [0.3, 0.4) is 0 Å². The van der Waals surface area contributed by atoms with Crippen LogP contribution in [0, 0.1) is 0 Å². The average Bonchev–Trinajstić information content (AvgIpc) is 3.31. The van der Waals surface area contributed by atoms with Crippen molar-refractivity contribution < 1.29 is 13.2 Å². The van der Waals surface area contributed by atoms with Crippen molar-refractivity contribution in [1.82, 2.24) is 9.97 Å². The van der Waals surface area contributed by atoms with Gasteiger partial charge in [-0.3, -0.25) is 4.79 Å². The Labute approximate surface area is 190 Å². The first-order valence-corrected chi connectivity index (χ1v) is 13.8. The van der Waals surface area contributed by atoms with Crippen molar-refractivity contribution in [3.8, 4) is 0 Å². The van der Waals surface area contributed by atoms with Crippen molar-refractivity contribution in [3.63, 3.8) is 0 Å². The van der Waals surface area contributed by atoms with Gasteiger partial charge in [-0.15, -0.1) is 11.3 Å². The predicted octanol–water partition coefficient (Wildman–Crippen LogP) is 5.47. The molecule has 0 unspecified atom stereocenters. The van der Waals surface area contributed by atoms with Gasteiger partial charge in [0.1, 0.15) is 0 Å². The summed E-state index contributed by atoms with van der Waals surface area (Å²) in [6, 6.07) is 9.85. The number of fused-ring (bicyclic) bond motifs is 3. The van der Waals surface area contributed by atoms with Gasteiger partial charge in [-0.05, 0) is 49.1 Å². The molecule has 4 aromatic rings. The summed E-state index contributed by atoms with van der Waals surface area (Å²) in [5.74, 6) is -0.369. The van der Waals surface area contributed by atoms with Crippen LogP contribution in [0.2, 0.25) is 5.02 Å². The number of rotatable bonds is 7. The zero-order chi connectivity index (χ0) is 21.3. The number of benzene rings is 2. The molecular weight excluding hydrogens is 482 g/mol. The molecule has 30 heavy (non-hydrogen) atoms. The quantitative estimate of drug-likeness (QED) is 0.340. The van der Waals surface area contributed by atoms with E-state index in [0.717, 1.165) is 24.8 Å². The van der Waals surface area contributed by atoms with Gasteiger partial charge in [0.25, 0.3) is 0 Å². The Morgan fingerprint density at radius 1 is 1.07 bits per heavy atom. The fourth-order valence-electron chi connectivity index (χ4n) is 2.86. The maximum atomic E-state index is 12.4. The van der Waals surface area contributed by atoms with Gasteiger partial charge in [-0.1, -0.05) is 34.7 Å². The Balaban J connectivity index is 1.40. The molecule has 6 nitrogen and oxygen atoms in total. The number of halogens is 1. The fourth-order valence-corrected chi connectivity index (χ4v) is 6.97. The van der Waals surface area contributed by atoms with Gasteiger partial charge in [0.2, 0.25) is 5.91 Å². The second-order valence-electron chi connectivity index (χ2n) is 6.39. The molecule has 0 saturated heterocycles. The number of carbonyl (C=O) groups is 1. The Hall–Kier alpha value is -1.72. The second-order valence-corrected chi connectivity index (χ2v) is 12.0. The monoisotopic (exact) mass is 497 g/mol. The van der Waals surface area contributed by atoms with E-state index in [1.807, 2.05) is 18.4 Å². The Morgan fingerprint density at radius 2 is 1.73 bits per heavy atom. The van der Waals surface area contributed by atoms with Crippen molar-refractivity contribution in [1.29, 1.82) is 0 Å². The first-order valence-electron chi connectivity index (χ1n) is 8.88. The molecule has 11 heteroatoms. The lowest BCUT2D eigenvalue weighted by atomic mass is 10.3. The zero-order valence-corrected chi connectivity index (χ0v) is 19.7. The summed E-state index contributed by atoms with van der Waals surface area (Å²) in [6.45, 7) is 0. The first kappa shape index (κ1) is 21.5. The SMILES string of the molecule is CSc1nc2ccc3nc(NC(=O)CCCS(=O)(=O)c4ccc(Cl)cc4)sc3c2s1. The summed E-state index contributed by atoms with van der Waals surface area (Å²) in [6.07, 6.45) is 2.30. The first-order chi connectivity index (χ1) is 14.4. The highest BCUT2D eigenvalue weighted by Gasteiger charge is 2.16. The lowest BCUT2D eigenvalue weighted by Crippen LogP contribution is -2.14. The Morgan fingerprint density at radius 3 is 2.43 bits per heavy atom. The maximum absolute atomic E-state index is 12.4. The summed E-state index contributed by atoms with van der Waals surface area (Å²) in [5.41, 5.74) is 1.73. The summed E-state index contributed by atoms with van der Waals surface area (Å²) in [4.78, 5) is 21.5. The number of sulfone groups is 1. The number of hydrogen-bond donors (Lipinski definition) is 1. The fraction of sp³-hybridized carbons (Fsp3) is 0.211. The highest BCUT2D eigenvalue weighted by molar-refractivity contribution is 8.00. The minimum atomic E-state index is -3.45. The number of nitrogens with one attached hydrogen (secondary N) is 1. The summed E-state index contributed by atoms with van der Waals surface area (Å²) in [5, 5.41) is 3.76. The number of aromatic nitrogens is 2. The van der Waals surface area contributed by atoms with Crippen LogP contribution in [-0.2, 0) is 14.6 Å². The van der Waals surface area contributed by atoms with E-state index in [4.69, 9.17) is 11.6 Å². The van der Waals surface area contributed by atoms with E-state index in [1.165, 1.54) is 35.6 Å². The molecule has 2 aromatic carbocycles. The van der Waals surface area contributed by atoms with Crippen LogP contribution in [0.1, 0.15) is 12.8 Å². The minimum Gasteiger partial charge on any atom is -0.302 e. The van der Waals surface area contributed by atoms with Gasteiger partial charge in [-0.25, -0.2) is 18.4 Å². The van der Waals surface area contributed by atoms with E-state index < -0.39 is 9.84 Å². The van der Waals surface area contributed by atoms with Crippen molar-refractivity contribution >= 4 is 87.3 Å². The molecule has 1 N–H and O–H groups in total. The molecule has 2 heterocycles. The van der Waals surface area contributed by atoms with E-state index in [1.54, 1.807) is 23.1 Å². The van der Waals surface area contributed by atoms with E-state index in [9.17, 15) is 13.2 Å². The molecule has 0 saturated carbocycles. The minimum absolute atomic E-state index is 0.0926. The summed E-state index contributed by atoms with van der Waals surface area (Å²) >= 11 is 10.4. The van der Waals surface area contributed by atoms with Gasteiger partial charge in [0, 0.05) is 11.4 Å². The topological polar surface area (TPSA) is 89.0 Å². The third-order valence-corrected chi connectivity index (χ3v) is 9.58. The normalized spacial score (nSPS) is 11.9. The molecule has 0 aliphatic heterocycles. The molecule has 0 atom stereocenters. The van der Waals surface area contributed by atoms with E-state index in [2.05, 4.69) is 15.3 Å².